The Labute approximate surface area is 197 Å². The highest BCUT2D eigenvalue weighted by Gasteiger charge is 2.37. The van der Waals surface area contributed by atoms with Crippen LogP contribution in [0.25, 0.3) is 11.0 Å². The lowest BCUT2D eigenvalue weighted by molar-refractivity contribution is -0.141. The molecule has 180 valence electrons. The highest BCUT2D eigenvalue weighted by atomic mass is 32.2. The number of anilines is 1. The fraction of sp³-hybridized carbons (Fsp3) is 0.348. The molecule has 34 heavy (non-hydrogen) atoms. The molecule has 0 unspecified atom stereocenters. The minimum absolute atomic E-state index is 0.0778. The number of nitrogens with zero attached hydrogens (tertiary/aromatic N) is 2. The lowest BCUT2D eigenvalue weighted by Gasteiger charge is -2.14. The SMILES string of the molecule is CCCc1c(OCCCOc2ccc(N3C(=O)CSC3=O)cc2)ccc2c(C(F)(F)F)noc12. The van der Waals surface area contributed by atoms with Crippen LogP contribution in [0.15, 0.2) is 40.9 Å². The maximum absolute atomic E-state index is 13.1. The van der Waals surface area contributed by atoms with Crippen LogP contribution in [0.1, 0.15) is 31.0 Å². The second-order valence-corrected chi connectivity index (χ2v) is 8.45. The molecule has 7 nitrogen and oxygen atoms in total. The number of aryl methyl sites for hydroxylation is 1. The number of amides is 2. The molecule has 2 amide bonds. The summed E-state index contributed by atoms with van der Waals surface area (Å²) in [7, 11) is 0. The number of aromatic nitrogens is 1. The summed E-state index contributed by atoms with van der Waals surface area (Å²) < 4.78 is 55.9. The van der Waals surface area contributed by atoms with Crippen molar-refractivity contribution in [2.45, 2.75) is 32.4 Å². The van der Waals surface area contributed by atoms with Crippen LogP contribution in [-0.4, -0.2) is 35.3 Å². The van der Waals surface area contributed by atoms with E-state index in [0.717, 1.165) is 16.7 Å². The number of imide groups is 1. The molecule has 0 aliphatic carbocycles. The van der Waals surface area contributed by atoms with Crippen LogP contribution in [0.4, 0.5) is 23.7 Å². The molecule has 1 fully saturated rings. The molecule has 0 radical (unpaired) electrons. The Balaban J connectivity index is 1.33. The van der Waals surface area contributed by atoms with Crippen molar-refractivity contribution in [1.29, 1.82) is 0 Å². The maximum atomic E-state index is 13.1. The van der Waals surface area contributed by atoms with Gasteiger partial charge in [0.25, 0.3) is 5.24 Å². The van der Waals surface area contributed by atoms with E-state index in [1.165, 1.54) is 12.1 Å². The highest BCUT2D eigenvalue weighted by molar-refractivity contribution is 8.15. The monoisotopic (exact) mass is 494 g/mol. The summed E-state index contributed by atoms with van der Waals surface area (Å²) in [6, 6.07) is 9.47. The summed E-state index contributed by atoms with van der Waals surface area (Å²) in [5, 5.41) is 2.84. The molecule has 2 heterocycles. The largest absolute Gasteiger partial charge is 0.493 e. The van der Waals surface area contributed by atoms with Gasteiger partial charge in [-0.2, -0.15) is 13.2 Å². The third kappa shape index (κ3) is 4.98. The van der Waals surface area contributed by atoms with E-state index in [4.69, 9.17) is 14.0 Å². The van der Waals surface area contributed by atoms with Crippen molar-refractivity contribution in [3.63, 3.8) is 0 Å². The van der Waals surface area contributed by atoms with Gasteiger partial charge in [-0.3, -0.25) is 9.59 Å². The van der Waals surface area contributed by atoms with E-state index in [0.29, 0.717) is 48.6 Å². The van der Waals surface area contributed by atoms with Crippen LogP contribution < -0.4 is 14.4 Å². The molecule has 0 N–H and O–H groups in total. The van der Waals surface area contributed by atoms with Gasteiger partial charge in [0.15, 0.2) is 11.3 Å². The van der Waals surface area contributed by atoms with E-state index in [1.807, 2.05) is 6.92 Å². The van der Waals surface area contributed by atoms with Crippen LogP contribution in [0, 0.1) is 0 Å². The minimum atomic E-state index is -4.59. The van der Waals surface area contributed by atoms with Gasteiger partial charge in [0.05, 0.1) is 30.0 Å². The quantitative estimate of drug-likeness (QED) is 0.345. The van der Waals surface area contributed by atoms with Gasteiger partial charge in [-0.1, -0.05) is 30.3 Å². The van der Waals surface area contributed by atoms with Crippen molar-refractivity contribution in [2.75, 3.05) is 23.9 Å². The summed E-state index contributed by atoms with van der Waals surface area (Å²) in [5.41, 5.74) is 0.110. The zero-order valence-electron chi connectivity index (χ0n) is 18.2. The summed E-state index contributed by atoms with van der Waals surface area (Å²) in [6.07, 6.45) is -2.88. The van der Waals surface area contributed by atoms with Gasteiger partial charge < -0.3 is 14.0 Å². The first-order chi connectivity index (χ1) is 16.3. The number of alkyl halides is 3. The predicted molar refractivity (Wildman–Crippen MR) is 120 cm³/mol. The Kier molecular flexibility index (Phi) is 7.01. The fourth-order valence-electron chi connectivity index (χ4n) is 3.59. The van der Waals surface area contributed by atoms with E-state index in [9.17, 15) is 22.8 Å². The molecule has 1 aliphatic heterocycles. The second kappa shape index (κ2) is 9.96. The van der Waals surface area contributed by atoms with Gasteiger partial charge in [-0.15, -0.1) is 0 Å². The van der Waals surface area contributed by atoms with Crippen molar-refractivity contribution in [3.8, 4) is 11.5 Å². The molecule has 1 saturated heterocycles. The molecule has 3 aromatic rings. The minimum Gasteiger partial charge on any atom is -0.493 e. The first-order valence-corrected chi connectivity index (χ1v) is 11.6. The molecule has 1 aromatic heterocycles. The van der Waals surface area contributed by atoms with Crippen molar-refractivity contribution in [3.05, 3.63) is 47.7 Å². The zero-order valence-corrected chi connectivity index (χ0v) is 19.0. The summed E-state index contributed by atoms with van der Waals surface area (Å²) >= 11 is 0.970. The molecule has 1 aliphatic rings. The molecule has 4 rings (SSSR count). The lowest BCUT2D eigenvalue weighted by Crippen LogP contribution is -2.27. The number of thioether (sulfide) groups is 1. The van der Waals surface area contributed by atoms with Crippen LogP contribution in [0.3, 0.4) is 0 Å². The number of hydrogen-bond donors (Lipinski definition) is 0. The number of carbonyl (C=O) groups is 2. The lowest BCUT2D eigenvalue weighted by atomic mass is 10.0. The predicted octanol–water partition coefficient (Wildman–Crippen LogP) is 5.85. The third-order valence-corrected chi connectivity index (χ3v) is 5.95. The Morgan fingerprint density at radius 3 is 2.47 bits per heavy atom. The highest BCUT2D eigenvalue weighted by Crippen LogP contribution is 2.38. The third-order valence-electron chi connectivity index (χ3n) is 5.13. The van der Waals surface area contributed by atoms with Crippen LogP contribution in [-0.2, 0) is 17.4 Å². The zero-order chi connectivity index (χ0) is 24.3. The molecule has 2 aromatic carbocycles. The van der Waals surface area contributed by atoms with Crippen LogP contribution in [0.2, 0.25) is 0 Å². The van der Waals surface area contributed by atoms with Crippen LogP contribution in [0.5, 0.6) is 11.5 Å². The van der Waals surface area contributed by atoms with Crippen molar-refractivity contribution < 1.29 is 36.8 Å². The Bertz CT molecular complexity index is 1180. The van der Waals surface area contributed by atoms with E-state index in [2.05, 4.69) is 5.16 Å². The topological polar surface area (TPSA) is 81.9 Å². The maximum Gasteiger partial charge on any atom is 0.437 e. The van der Waals surface area contributed by atoms with E-state index < -0.39 is 11.9 Å². The van der Waals surface area contributed by atoms with E-state index >= 15 is 0 Å². The van der Waals surface area contributed by atoms with Gasteiger partial charge in [-0.05, 0) is 42.8 Å². The molecular weight excluding hydrogens is 473 g/mol. The normalized spacial score (nSPS) is 14.3. The van der Waals surface area contributed by atoms with Crippen LogP contribution >= 0.6 is 11.8 Å². The fourth-order valence-corrected chi connectivity index (χ4v) is 4.31. The number of benzene rings is 2. The number of hydrogen-bond acceptors (Lipinski definition) is 7. The van der Waals surface area contributed by atoms with Crippen molar-refractivity contribution >= 4 is 39.6 Å². The summed E-state index contributed by atoms with van der Waals surface area (Å²) in [4.78, 5) is 24.7. The number of rotatable bonds is 9. The van der Waals surface area contributed by atoms with Gasteiger partial charge >= 0.3 is 6.18 Å². The molecule has 0 spiro atoms. The standard InChI is InChI=1S/C23H21F3N2O5S/c1-2-4-16-18(10-9-17-20(16)33-27-21(17)23(24,25)26)32-12-3-11-31-15-7-5-14(6-8-15)28-19(29)13-34-22(28)30/h5-10H,2-4,11-13H2,1H3. The van der Waals surface area contributed by atoms with Gasteiger partial charge in [0.2, 0.25) is 5.91 Å². The average molecular weight is 494 g/mol. The summed E-state index contributed by atoms with van der Waals surface area (Å²) in [5.74, 6) is 0.928. The smallest absolute Gasteiger partial charge is 0.437 e. The number of halogens is 3. The van der Waals surface area contributed by atoms with Crippen molar-refractivity contribution in [2.24, 2.45) is 0 Å². The molecule has 0 atom stereocenters. The van der Waals surface area contributed by atoms with Gasteiger partial charge in [0, 0.05) is 12.0 Å². The molecule has 0 bridgehead atoms. The molecule has 11 heteroatoms. The van der Waals surface area contributed by atoms with Gasteiger partial charge in [0.1, 0.15) is 11.5 Å². The first kappa shape index (κ1) is 23.9. The Hall–Kier alpha value is -3.21. The number of carbonyl (C=O) groups excluding carboxylic acids is 2. The second-order valence-electron chi connectivity index (χ2n) is 7.53. The Morgan fingerprint density at radius 1 is 1.09 bits per heavy atom. The Morgan fingerprint density at radius 2 is 1.82 bits per heavy atom. The number of fused-ring (bicyclic) bond motifs is 1. The summed E-state index contributed by atoms with van der Waals surface area (Å²) in [6.45, 7) is 2.54. The van der Waals surface area contributed by atoms with Crippen molar-refractivity contribution in [1.82, 2.24) is 5.16 Å². The first-order valence-electron chi connectivity index (χ1n) is 10.6. The average Bonchev–Trinajstić information content (AvgIpc) is 3.38. The van der Waals surface area contributed by atoms with Gasteiger partial charge in [-0.25, -0.2) is 4.90 Å². The molecule has 0 saturated carbocycles. The van der Waals surface area contributed by atoms with E-state index in [1.54, 1.807) is 24.3 Å². The molecular formula is C23H21F3N2O5S. The number of ether oxygens (including phenoxy) is 2. The van der Waals surface area contributed by atoms with E-state index in [-0.39, 0.29) is 34.5 Å².